The van der Waals surface area contributed by atoms with E-state index in [0.29, 0.717) is 12.1 Å². The van der Waals surface area contributed by atoms with Crippen molar-refractivity contribution in [1.82, 2.24) is 4.90 Å². The fourth-order valence-electron chi connectivity index (χ4n) is 3.52. The van der Waals surface area contributed by atoms with Gasteiger partial charge in [0.1, 0.15) is 5.54 Å². The number of benzene rings is 1. The summed E-state index contributed by atoms with van der Waals surface area (Å²) in [5.41, 5.74) is 6.92. The summed E-state index contributed by atoms with van der Waals surface area (Å²) in [7, 11) is 0. The van der Waals surface area contributed by atoms with Crippen LogP contribution in [-0.4, -0.2) is 22.5 Å². The molecule has 2 aliphatic heterocycles. The van der Waals surface area contributed by atoms with Crippen LogP contribution >= 0.6 is 0 Å². The Balaban J connectivity index is 1.75. The maximum absolute atomic E-state index is 9.20. The fourth-order valence-corrected chi connectivity index (χ4v) is 3.52. The van der Waals surface area contributed by atoms with E-state index >= 15 is 0 Å². The molecule has 0 unspecified atom stereocenters. The van der Waals surface area contributed by atoms with Crippen LogP contribution in [0.2, 0.25) is 0 Å². The molecule has 18 heavy (non-hydrogen) atoms. The van der Waals surface area contributed by atoms with Gasteiger partial charge in [0.05, 0.1) is 6.07 Å². The molecule has 0 aliphatic carbocycles. The van der Waals surface area contributed by atoms with Gasteiger partial charge in [-0.1, -0.05) is 30.3 Å². The Hall–Kier alpha value is -1.37. The summed E-state index contributed by atoms with van der Waals surface area (Å²) in [6.07, 6.45) is 4.04. The van der Waals surface area contributed by atoms with Crippen molar-refractivity contribution < 1.29 is 0 Å². The molecule has 2 heterocycles. The monoisotopic (exact) mass is 241 g/mol. The normalized spacial score (nSPS) is 35.3. The molecule has 0 saturated carbocycles. The van der Waals surface area contributed by atoms with E-state index in [0.717, 1.165) is 19.4 Å². The number of nitriles is 1. The quantitative estimate of drug-likeness (QED) is 0.862. The first-order valence-electron chi connectivity index (χ1n) is 6.70. The van der Waals surface area contributed by atoms with E-state index in [2.05, 4.69) is 41.3 Å². The summed E-state index contributed by atoms with van der Waals surface area (Å²) in [5.74, 6) is 0. The van der Waals surface area contributed by atoms with Gasteiger partial charge < -0.3 is 5.73 Å². The van der Waals surface area contributed by atoms with Gasteiger partial charge in [0.15, 0.2) is 0 Å². The molecule has 3 nitrogen and oxygen atoms in total. The summed E-state index contributed by atoms with van der Waals surface area (Å²) >= 11 is 0. The minimum atomic E-state index is -0.584. The zero-order valence-corrected chi connectivity index (χ0v) is 10.5. The zero-order chi connectivity index (χ0) is 12.6. The predicted octanol–water partition coefficient (Wildman–Crippen LogP) is 2.03. The smallest absolute Gasteiger partial charge is 0.107 e. The van der Waals surface area contributed by atoms with E-state index in [9.17, 15) is 5.26 Å². The third-order valence-electron chi connectivity index (χ3n) is 4.40. The molecule has 3 rings (SSSR count). The molecule has 2 aliphatic rings. The lowest BCUT2D eigenvalue weighted by Crippen LogP contribution is -2.54. The third kappa shape index (κ3) is 2.03. The molecular weight excluding hydrogens is 222 g/mol. The van der Waals surface area contributed by atoms with E-state index in [-0.39, 0.29) is 0 Å². The number of nitrogens with zero attached hydrogens (tertiary/aromatic N) is 2. The Labute approximate surface area is 108 Å². The van der Waals surface area contributed by atoms with Crippen molar-refractivity contribution in [3.8, 4) is 6.07 Å². The maximum Gasteiger partial charge on any atom is 0.107 e. The van der Waals surface area contributed by atoms with Crippen molar-refractivity contribution in [2.24, 2.45) is 5.73 Å². The van der Waals surface area contributed by atoms with Gasteiger partial charge >= 0.3 is 0 Å². The number of hydrogen-bond donors (Lipinski definition) is 1. The molecule has 3 heteroatoms. The standard InChI is InChI=1S/C15H19N3/c16-11-15(17)8-13-6-7-14(9-15)18(13)10-12-4-2-1-3-5-12/h1-5,13-14H,6-10,17H2/t13-,14-/m0/s1. The van der Waals surface area contributed by atoms with E-state index in [1.807, 2.05) is 0 Å². The Morgan fingerprint density at radius 3 is 2.39 bits per heavy atom. The fraction of sp³-hybridized carbons (Fsp3) is 0.533. The second kappa shape index (κ2) is 4.38. The van der Waals surface area contributed by atoms with Crippen LogP contribution in [0.3, 0.4) is 0 Å². The second-order valence-electron chi connectivity index (χ2n) is 5.72. The molecule has 1 aromatic carbocycles. The summed E-state index contributed by atoms with van der Waals surface area (Å²) < 4.78 is 0. The highest BCUT2D eigenvalue weighted by Gasteiger charge is 2.46. The van der Waals surface area contributed by atoms with Crippen molar-refractivity contribution in [2.45, 2.75) is 49.9 Å². The topological polar surface area (TPSA) is 53.1 Å². The van der Waals surface area contributed by atoms with Crippen molar-refractivity contribution in [2.75, 3.05) is 0 Å². The lowest BCUT2D eigenvalue weighted by atomic mass is 9.85. The number of hydrogen-bond acceptors (Lipinski definition) is 3. The molecular formula is C15H19N3. The summed E-state index contributed by atoms with van der Waals surface area (Å²) in [5, 5.41) is 9.20. The van der Waals surface area contributed by atoms with Crippen LogP contribution < -0.4 is 5.73 Å². The van der Waals surface area contributed by atoms with Crippen molar-refractivity contribution >= 4 is 0 Å². The molecule has 2 N–H and O–H groups in total. The first kappa shape index (κ1) is 11.7. The lowest BCUT2D eigenvalue weighted by Gasteiger charge is -2.41. The number of nitrogens with two attached hydrogens (primary N) is 1. The Bertz CT molecular complexity index is 448. The Morgan fingerprint density at radius 1 is 1.22 bits per heavy atom. The van der Waals surface area contributed by atoms with Gasteiger partial charge in [-0.25, -0.2) is 0 Å². The van der Waals surface area contributed by atoms with Crippen molar-refractivity contribution in [3.05, 3.63) is 35.9 Å². The van der Waals surface area contributed by atoms with Gasteiger partial charge in [0, 0.05) is 18.6 Å². The minimum Gasteiger partial charge on any atom is -0.313 e. The maximum atomic E-state index is 9.20. The first-order valence-corrected chi connectivity index (χ1v) is 6.70. The summed E-state index contributed by atoms with van der Waals surface area (Å²) in [6.45, 7) is 0.998. The number of piperidine rings is 1. The largest absolute Gasteiger partial charge is 0.313 e. The van der Waals surface area contributed by atoms with E-state index in [1.54, 1.807) is 0 Å². The van der Waals surface area contributed by atoms with Crippen molar-refractivity contribution in [1.29, 1.82) is 5.26 Å². The predicted molar refractivity (Wildman–Crippen MR) is 70.6 cm³/mol. The lowest BCUT2D eigenvalue weighted by molar-refractivity contribution is 0.100. The van der Waals surface area contributed by atoms with Crippen LogP contribution in [0.25, 0.3) is 0 Å². The molecule has 2 atom stereocenters. The number of fused-ring (bicyclic) bond motifs is 2. The van der Waals surface area contributed by atoms with Crippen molar-refractivity contribution in [3.63, 3.8) is 0 Å². The highest BCUT2D eigenvalue weighted by molar-refractivity contribution is 5.18. The average Bonchev–Trinajstić information content (AvgIpc) is 2.64. The van der Waals surface area contributed by atoms with Gasteiger partial charge in [-0.05, 0) is 31.2 Å². The SMILES string of the molecule is N#CC1(N)C[C@@H]2CC[C@@H](C1)N2Cc1ccccc1. The molecule has 1 aromatic rings. The molecule has 0 amide bonds. The number of rotatable bonds is 2. The third-order valence-corrected chi connectivity index (χ3v) is 4.40. The Kier molecular flexibility index (Phi) is 2.85. The van der Waals surface area contributed by atoms with Gasteiger partial charge in [-0.3, -0.25) is 4.90 Å². The van der Waals surface area contributed by atoms with Crippen LogP contribution in [0.15, 0.2) is 30.3 Å². The highest BCUT2D eigenvalue weighted by atomic mass is 15.2. The molecule has 2 fully saturated rings. The van der Waals surface area contributed by atoms with Gasteiger partial charge in [0.2, 0.25) is 0 Å². The van der Waals surface area contributed by atoms with Crippen LogP contribution in [0.4, 0.5) is 0 Å². The molecule has 94 valence electrons. The highest BCUT2D eigenvalue weighted by Crippen LogP contribution is 2.40. The minimum absolute atomic E-state index is 0.494. The Morgan fingerprint density at radius 2 is 1.83 bits per heavy atom. The molecule has 0 aromatic heterocycles. The van der Waals surface area contributed by atoms with E-state index in [4.69, 9.17) is 5.73 Å². The van der Waals surface area contributed by atoms with Gasteiger partial charge in [0.25, 0.3) is 0 Å². The van der Waals surface area contributed by atoms with Crippen LogP contribution in [0.5, 0.6) is 0 Å². The average molecular weight is 241 g/mol. The molecule has 0 spiro atoms. The van der Waals surface area contributed by atoms with Crippen LogP contribution in [0, 0.1) is 11.3 Å². The van der Waals surface area contributed by atoms with Gasteiger partial charge in [-0.15, -0.1) is 0 Å². The van der Waals surface area contributed by atoms with E-state index in [1.165, 1.54) is 18.4 Å². The zero-order valence-electron chi connectivity index (χ0n) is 10.5. The summed E-state index contributed by atoms with van der Waals surface area (Å²) in [4.78, 5) is 2.55. The molecule has 0 radical (unpaired) electrons. The van der Waals surface area contributed by atoms with E-state index < -0.39 is 5.54 Å². The first-order chi connectivity index (χ1) is 8.70. The van der Waals surface area contributed by atoms with Crippen LogP contribution in [0.1, 0.15) is 31.2 Å². The molecule has 2 bridgehead atoms. The summed E-state index contributed by atoms with van der Waals surface area (Å²) in [6, 6.07) is 13.9. The second-order valence-corrected chi connectivity index (χ2v) is 5.72. The molecule has 2 saturated heterocycles. The van der Waals surface area contributed by atoms with Crippen LogP contribution in [-0.2, 0) is 6.54 Å². The van der Waals surface area contributed by atoms with Gasteiger partial charge in [-0.2, -0.15) is 5.26 Å².